The number of aromatic nitrogens is 3. The van der Waals surface area contributed by atoms with E-state index in [1.807, 2.05) is 19.2 Å². The van der Waals surface area contributed by atoms with Crippen molar-refractivity contribution in [1.82, 2.24) is 15.0 Å². The highest BCUT2D eigenvalue weighted by Crippen LogP contribution is 2.32. The van der Waals surface area contributed by atoms with E-state index in [1.54, 1.807) is 28.9 Å². The molecule has 38 heavy (non-hydrogen) atoms. The summed E-state index contributed by atoms with van der Waals surface area (Å²) in [6.07, 6.45) is 3.05. The lowest BCUT2D eigenvalue weighted by atomic mass is 9.99. The van der Waals surface area contributed by atoms with Gasteiger partial charge in [0.15, 0.2) is 0 Å². The molecule has 0 fully saturated rings. The Hall–Kier alpha value is -3.75. The van der Waals surface area contributed by atoms with E-state index in [0.29, 0.717) is 12.1 Å². The molecule has 5 rings (SSSR count). The maximum absolute atomic E-state index is 12.5. The highest BCUT2D eigenvalue weighted by molar-refractivity contribution is 7.86. The Morgan fingerprint density at radius 2 is 1.74 bits per heavy atom. The molecule has 1 atom stereocenters. The van der Waals surface area contributed by atoms with Crippen LogP contribution in [0.5, 0.6) is 0 Å². The van der Waals surface area contributed by atoms with Crippen molar-refractivity contribution in [1.29, 1.82) is 0 Å². The fourth-order valence-electron chi connectivity index (χ4n) is 4.42. The Balaban J connectivity index is 1.41. The summed E-state index contributed by atoms with van der Waals surface area (Å²) < 4.78 is 38.5. The van der Waals surface area contributed by atoms with Gasteiger partial charge in [0.1, 0.15) is 17.4 Å². The molecular weight excluding hydrogens is 498 g/mol. The van der Waals surface area contributed by atoms with Crippen LogP contribution >= 0.6 is 0 Å². The summed E-state index contributed by atoms with van der Waals surface area (Å²) in [5.41, 5.74) is 7.06. The van der Waals surface area contributed by atoms with Crippen LogP contribution in [0.15, 0.2) is 82.2 Å². The topological polar surface area (TPSA) is 87.2 Å². The lowest BCUT2D eigenvalue weighted by molar-refractivity contribution is 0.321. The molecule has 0 aliphatic carbocycles. The molecule has 3 aromatic carbocycles. The van der Waals surface area contributed by atoms with Crippen molar-refractivity contribution in [2.24, 2.45) is 0 Å². The maximum Gasteiger partial charge on any atom is 0.296 e. The number of furan rings is 1. The van der Waals surface area contributed by atoms with Gasteiger partial charge >= 0.3 is 0 Å². The van der Waals surface area contributed by atoms with Crippen molar-refractivity contribution >= 4 is 21.1 Å². The zero-order chi connectivity index (χ0) is 26.9. The average molecular weight is 530 g/mol. The van der Waals surface area contributed by atoms with Gasteiger partial charge in [0.25, 0.3) is 10.1 Å². The van der Waals surface area contributed by atoms with Gasteiger partial charge in [-0.25, -0.2) is 4.68 Å². The van der Waals surface area contributed by atoms with Gasteiger partial charge in [0.05, 0.1) is 17.2 Å². The first-order chi connectivity index (χ1) is 18.2. The third-order valence-electron chi connectivity index (χ3n) is 6.86. The molecule has 1 unspecified atom stereocenters. The first-order valence-electron chi connectivity index (χ1n) is 12.7. The van der Waals surface area contributed by atoms with Crippen LogP contribution in [-0.4, -0.2) is 30.0 Å². The Morgan fingerprint density at radius 3 is 2.47 bits per heavy atom. The summed E-state index contributed by atoms with van der Waals surface area (Å²) in [6.45, 7) is 8.16. The molecular formula is C30H31N3O4S. The first kappa shape index (κ1) is 25.9. The summed E-state index contributed by atoms with van der Waals surface area (Å²) in [5.74, 6) is 0.756. The Bertz CT molecular complexity index is 1680. The molecule has 0 radical (unpaired) electrons. The zero-order valence-electron chi connectivity index (χ0n) is 22.0. The molecule has 0 N–H and O–H groups in total. The number of nitrogens with zero attached hydrogens (tertiary/aromatic N) is 3. The van der Waals surface area contributed by atoms with Gasteiger partial charge in [0.2, 0.25) is 0 Å². The molecule has 0 saturated heterocycles. The second-order valence-corrected chi connectivity index (χ2v) is 11.3. The number of fused-ring (bicyclic) bond motifs is 1. The Kier molecular flexibility index (Phi) is 7.19. The van der Waals surface area contributed by atoms with E-state index in [-0.39, 0.29) is 17.5 Å². The minimum absolute atomic E-state index is 0.0341. The van der Waals surface area contributed by atoms with Gasteiger partial charge in [0, 0.05) is 18.0 Å². The van der Waals surface area contributed by atoms with Crippen LogP contribution in [0.4, 0.5) is 0 Å². The lowest BCUT2D eigenvalue weighted by Crippen LogP contribution is -2.13. The summed E-state index contributed by atoms with van der Waals surface area (Å²) in [4.78, 5) is 0.137. The summed E-state index contributed by atoms with van der Waals surface area (Å²) in [6, 6.07) is 20.9. The second kappa shape index (κ2) is 10.6. The van der Waals surface area contributed by atoms with Crippen LogP contribution in [0.1, 0.15) is 52.2 Å². The molecule has 0 amide bonds. The monoisotopic (exact) mass is 529 g/mol. The maximum atomic E-state index is 12.5. The number of benzene rings is 3. The average Bonchev–Trinajstić information content (AvgIpc) is 3.53. The molecule has 8 heteroatoms. The number of hydrogen-bond acceptors (Lipinski definition) is 6. The van der Waals surface area contributed by atoms with Crippen molar-refractivity contribution in [3.8, 4) is 0 Å². The van der Waals surface area contributed by atoms with Gasteiger partial charge in [-0.3, -0.25) is 4.18 Å². The van der Waals surface area contributed by atoms with E-state index in [2.05, 4.69) is 67.5 Å². The van der Waals surface area contributed by atoms with Crippen molar-refractivity contribution < 1.29 is 17.0 Å². The molecule has 5 aromatic rings. The van der Waals surface area contributed by atoms with Crippen molar-refractivity contribution in [3.63, 3.8) is 0 Å². The Labute approximate surface area is 223 Å². The highest BCUT2D eigenvalue weighted by Gasteiger charge is 2.23. The number of rotatable bonds is 9. The van der Waals surface area contributed by atoms with E-state index in [9.17, 15) is 8.42 Å². The zero-order valence-corrected chi connectivity index (χ0v) is 22.8. The molecule has 0 aliphatic rings. The fraction of sp³-hybridized carbons (Fsp3) is 0.267. The molecule has 196 valence electrons. The minimum Gasteiger partial charge on any atom is -0.458 e. The van der Waals surface area contributed by atoms with E-state index >= 15 is 0 Å². The third kappa shape index (κ3) is 5.42. The quantitative estimate of drug-likeness (QED) is 0.215. The molecule has 0 spiro atoms. The first-order valence-corrected chi connectivity index (χ1v) is 14.1. The molecule has 0 aliphatic heterocycles. The Morgan fingerprint density at radius 1 is 0.947 bits per heavy atom. The van der Waals surface area contributed by atoms with Gasteiger partial charge in [-0.05, 0) is 73.7 Å². The van der Waals surface area contributed by atoms with Gasteiger partial charge in [-0.2, -0.15) is 8.42 Å². The largest absolute Gasteiger partial charge is 0.458 e. The van der Waals surface area contributed by atoms with Crippen molar-refractivity contribution in [2.45, 2.75) is 51.5 Å². The smallest absolute Gasteiger partial charge is 0.296 e. The van der Waals surface area contributed by atoms with Crippen LogP contribution in [0, 0.1) is 20.8 Å². The number of hydrogen-bond donors (Lipinski definition) is 0. The van der Waals surface area contributed by atoms with Crippen LogP contribution in [-0.2, 0) is 27.1 Å². The summed E-state index contributed by atoms with van der Waals surface area (Å²) >= 11 is 0. The summed E-state index contributed by atoms with van der Waals surface area (Å²) in [5, 5.41) is 9.75. The molecule has 2 heterocycles. The second-order valence-electron chi connectivity index (χ2n) is 9.65. The van der Waals surface area contributed by atoms with E-state index in [4.69, 9.17) is 8.60 Å². The van der Waals surface area contributed by atoms with Crippen LogP contribution in [0.2, 0.25) is 0 Å². The summed E-state index contributed by atoms with van der Waals surface area (Å²) in [7, 11) is -3.84. The lowest BCUT2D eigenvalue weighted by Gasteiger charge is -2.16. The van der Waals surface area contributed by atoms with Gasteiger partial charge in [-0.15, -0.1) is 5.10 Å². The predicted octanol–water partition coefficient (Wildman–Crippen LogP) is 6.10. The van der Waals surface area contributed by atoms with E-state index in [0.717, 1.165) is 34.3 Å². The van der Waals surface area contributed by atoms with Crippen LogP contribution in [0.3, 0.4) is 0 Å². The fourth-order valence-corrected chi connectivity index (χ4v) is 5.32. The predicted molar refractivity (Wildman–Crippen MR) is 147 cm³/mol. The van der Waals surface area contributed by atoms with Crippen molar-refractivity contribution in [3.05, 3.63) is 112 Å². The number of aryl methyl sites for hydroxylation is 4. The molecule has 0 bridgehead atoms. The highest BCUT2D eigenvalue weighted by atomic mass is 32.2. The molecule has 7 nitrogen and oxygen atoms in total. The molecule has 2 aromatic heterocycles. The third-order valence-corrected chi connectivity index (χ3v) is 8.18. The van der Waals surface area contributed by atoms with Crippen LogP contribution < -0.4 is 0 Å². The van der Waals surface area contributed by atoms with Crippen LogP contribution in [0.25, 0.3) is 11.0 Å². The van der Waals surface area contributed by atoms with E-state index in [1.165, 1.54) is 16.7 Å². The molecule has 0 saturated carbocycles. The standard InChI is InChI=1S/C30H31N3O4S/c1-5-23-9-11-24-18-29(37-28(24)17-23)30(25-10-8-21(3)22(4)16-25)33-19-26(31-32-33)14-15-36-38(34,35)27-12-6-20(2)7-13-27/h6-13,16-19,30H,5,14-15H2,1-4H3. The van der Waals surface area contributed by atoms with Gasteiger partial charge in [-0.1, -0.05) is 60.2 Å². The van der Waals surface area contributed by atoms with Gasteiger partial charge < -0.3 is 4.42 Å². The normalized spacial score (nSPS) is 12.7. The SMILES string of the molecule is CCc1ccc2cc(C(c3ccc(C)c(C)c3)n3cc(CCOS(=O)(=O)c4ccc(C)cc4)nn3)oc2c1. The van der Waals surface area contributed by atoms with Crippen molar-refractivity contribution in [2.75, 3.05) is 6.61 Å². The minimum atomic E-state index is -3.84. The van der Waals surface area contributed by atoms with E-state index < -0.39 is 10.1 Å².